The second-order valence-corrected chi connectivity index (χ2v) is 4.97. The molecule has 0 amide bonds. The number of methoxy groups -OCH3 is 1. The summed E-state index contributed by atoms with van der Waals surface area (Å²) in [5.41, 5.74) is 2.14. The Bertz CT molecular complexity index is 512. The van der Waals surface area contributed by atoms with Gasteiger partial charge in [0, 0.05) is 35.3 Å². The molecule has 2 heterocycles. The molecule has 4 nitrogen and oxygen atoms in total. The first-order valence-corrected chi connectivity index (χ1v) is 6.69. The van der Waals surface area contributed by atoms with E-state index in [1.807, 2.05) is 26.1 Å². The number of nitrogens with one attached hydrogen (secondary N) is 1. The van der Waals surface area contributed by atoms with Crippen LogP contribution in [0.25, 0.3) is 0 Å². The maximum Gasteiger partial charge on any atom is 0.217 e. The third-order valence-corrected chi connectivity index (χ3v) is 3.75. The van der Waals surface area contributed by atoms with E-state index in [-0.39, 0.29) is 6.04 Å². The lowest BCUT2D eigenvalue weighted by atomic mass is 10.1. The first-order valence-electron chi connectivity index (χ1n) is 5.81. The van der Waals surface area contributed by atoms with Crippen LogP contribution in [-0.4, -0.2) is 24.1 Å². The molecule has 2 rings (SSSR count). The number of hydrogen-bond donors (Lipinski definition) is 1. The van der Waals surface area contributed by atoms with E-state index in [1.54, 1.807) is 24.6 Å². The zero-order valence-corrected chi connectivity index (χ0v) is 11.6. The lowest BCUT2D eigenvalue weighted by Gasteiger charge is -2.17. The maximum atomic E-state index is 5.30. The minimum Gasteiger partial charge on any atom is -0.481 e. The summed E-state index contributed by atoms with van der Waals surface area (Å²) in [5, 5.41) is 6.49. The van der Waals surface area contributed by atoms with E-state index in [0.29, 0.717) is 5.88 Å². The number of hydrogen-bond acceptors (Lipinski definition) is 5. The number of ether oxygens (including phenoxy) is 1. The molecule has 2 aromatic rings. The number of rotatable bonds is 5. The Morgan fingerprint density at radius 2 is 2.33 bits per heavy atom. The van der Waals surface area contributed by atoms with E-state index in [2.05, 4.69) is 20.7 Å². The first kappa shape index (κ1) is 13.0. The van der Waals surface area contributed by atoms with Crippen molar-refractivity contribution in [2.45, 2.75) is 19.4 Å². The van der Waals surface area contributed by atoms with Crippen LogP contribution in [0.4, 0.5) is 0 Å². The highest BCUT2D eigenvalue weighted by molar-refractivity contribution is 7.09. The molecular formula is C13H17N3OS. The van der Waals surface area contributed by atoms with Crippen molar-refractivity contribution in [3.63, 3.8) is 0 Å². The largest absolute Gasteiger partial charge is 0.481 e. The highest BCUT2D eigenvalue weighted by Crippen LogP contribution is 2.26. The van der Waals surface area contributed by atoms with Gasteiger partial charge in [-0.2, -0.15) is 0 Å². The van der Waals surface area contributed by atoms with Crippen molar-refractivity contribution in [1.29, 1.82) is 0 Å². The highest BCUT2D eigenvalue weighted by atomic mass is 32.1. The summed E-state index contributed by atoms with van der Waals surface area (Å²) in [6.45, 7) is 2.01. The van der Waals surface area contributed by atoms with Crippen LogP contribution < -0.4 is 10.1 Å². The second kappa shape index (κ2) is 5.93. The Morgan fingerprint density at radius 3 is 2.94 bits per heavy atom. The van der Waals surface area contributed by atoms with Crippen LogP contribution >= 0.6 is 11.3 Å². The molecule has 0 aliphatic heterocycles. The Kier molecular flexibility index (Phi) is 4.28. The number of nitrogens with zero attached hydrogens (tertiary/aromatic N) is 2. The summed E-state index contributed by atoms with van der Waals surface area (Å²) in [5.74, 6) is 0.671. The predicted molar refractivity (Wildman–Crippen MR) is 73.1 cm³/mol. The van der Waals surface area contributed by atoms with E-state index in [1.165, 1.54) is 0 Å². The van der Waals surface area contributed by atoms with Gasteiger partial charge < -0.3 is 10.1 Å². The topological polar surface area (TPSA) is 47.0 Å². The van der Waals surface area contributed by atoms with Gasteiger partial charge in [0.05, 0.1) is 12.1 Å². The molecule has 1 unspecified atom stereocenters. The van der Waals surface area contributed by atoms with Crippen LogP contribution in [0.2, 0.25) is 0 Å². The molecular weight excluding hydrogens is 246 g/mol. The lowest BCUT2D eigenvalue weighted by Crippen LogP contribution is -2.19. The Balaban J connectivity index is 2.22. The van der Waals surface area contributed by atoms with Gasteiger partial charge in [-0.25, -0.2) is 9.97 Å². The van der Waals surface area contributed by atoms with Crippen LogP contribution in [-0.2, 0) is 6.42 Å². The zero-order chi connectivity index (χ0) is 13.0. The SMILES string of the molecule is CNC(Cc1nc(C)cs1)c1cccnc1OC. The highest BCUT2D eigenvalue weighted by Gasteiger charge is 2.16. The molecule has 0 fully saturated rings. The van der Waals surface area contributed by atoms with Crippen molar-refractivity contribution in [3.05, 3.63) is 40.0 Å². The van der Waals surface area contributed by atoms with Gasteiger partial charge in [0.1, 0.15) is 0 Å². The molecule has 0 saturated heterocycles. The maximum absolute atomic E-state index is 5.30. The van der Waals surface area contributed by atoms with E-state index >= 15 is 0 Å². The van der Waals surface area contributed by atoms with Crippen molar-refractivity contribution < 1.29 is 4.74 Å². The van der Waals surface area contributed by atoms with Gasteiger partial charge in [-0.05, 0) is 20.0 Å². The third kappa shape index (κ3) is 2.86. The third-order valence-electron chi connectivity index (χ3n) is 2.76. The van der Waals surface area contributed by atoms with Crippen molar-refractivity contribution in [3.8, 4) is 5.88 Å². The van der Waals surface area contributed by atoms with Crippen LogP contribution in [0.1, 0.15) is 22.3 Å². The van der Waals surface area contributed by atoms with Crippen molar-refractivity contribution >= 4 is 11.3 Å². The summed E-state index contributed by atoms with van der Waals surface area (Å²) in [6, 6.07) is 4.13. The number of aromatic nitrogens is 2. The van der Waals surface area contributed by atoms with E-state index < -0.39 is 0 Å². The average Bonchev–Trinajstić information content (AvgIpc) is 2.81. The van der Waals surface area contributed by atoms with E-state index in [4.69, 9.17) is 4.74 Å². The first-order chi connectivity index (χ1) is 8.74. The molecule has 1 atom stereocenters. The van der Waals surface area contributed by atoms with Gasteiger partial charge in [0.25, 0.3) is 0 Å². The summed E-state index contributed by atoms with van der Waals surface area (Å²) < 4.78 is 5.30. The van der Waals surface area contributed by atoms with Crippen molar-refractivity contribution in [1.82, 2.24) is 15.3 Å². The minimum atomic E-state index is 0.166. The van der Waals surface area contributed by atoms with Crippen LogP contribution in [0.5, 0.6) is 5.88 Å². The standard InChI is InChI=1S/C13H17N3OS/c1-9-8-18-12(16-9)7-11(14-2)10-5-4-6-15-13(10)17-3/h4-6,8,11,14H,7H2,1-3H3. The molecule has 0 aliphatic carbocycles. The fourth-order valence-electron chi connectivity index (χ4n) is 1.88. The smallest absolute Gasteiger partial charge is 0.217 e. The summed E-state index contributed by atoms with van der Waals surface area (Å²) in [6.07, 6.45) is 2.58. The molecule has 0 spiro atoms. The summed E-state index contributed by atoms with van der Waals surface area (Å²) >= 11 is 1.69. The molecule has 0 aliphatic rings. The number of thiazole rings is 1. The molecule has 2 aromatic heterocycles. The van der Waals surface area contributed by atoms with Gasteiger partial charge in [0.2, 0.25) is 5.88 Å². The van der Waals surface area contributed by atoms with Gasteiger partial charge >= 0.3 is 0 Å². The monoisotopic (exact) mass is 263 g/mol. The van der Waals surface area contributed by atoms with E-state index in [0.717, 1.165) is 22.7 Å². The van der Waals surface area contributed by atoms with Gasteiger partial charge in [-0.15, -0.1) is 11.3 Å². The van der Waals surface area contributed by atoms with Gasteiger partial charge in [-0.1, -0.05) is 6.07 Å². The fourth-order valence-corrected chi connectivity index (χ4v) is 2.70. The molecule has 96 valence electrons. The van der Waals surface area contributed by atoms with Gasteiger partial charge in [0.15, 0.2) is 0 Å². The molecule has 0 aromatic carbocycles. The fraction of sp³-hybridized carbons (Fsp3) is 0.385. The Hall–Kier alpha value is -1.46. The van der Waals surface area contributed by atoms with Crippen LogP contribution in [0.3, 0.4) is 0 Å². The average molecular weight is 263 g/mol. The van der Waals surface area contributed by atoms with Gasteiger partial charge in [-0.3, -0.25) is 0 Å². The predicted octanol–water partition coefficient (Wildman–Crippen LogP) is 2.36. The molecule has 18 heavy (non-hydrogen) atoms. The summed E-state index contributed by atoms with van der Waals surface area (Å²) in [4.78, 5) is 8.73. The van der Waals surface area contributed by atoms with Crippen molar-refractivity contribution in [2.24, 2.45) is 0 Å². The molecule has 0 saturated carbocycles. The Labute approximate surface area is 111 Å². The summed E-state index contributed by atoms with van der Waals surface area (Å²) in [7, 11) is 3.59. The molecule has 5 heteroatoms. The van der Waals surface area contributed by atoms with Crippen LogP contribution in [0.15, 0.2) is 23.7 Å². The molecule has 1 N–H and O–H groups in total. The number of likely N-dealkylation sites (N-methyl/N-ethyl adjacent to an activating group) is 1. The quantitative estimate of drug-likeness (QED) is 0.899. The number of pyridine rings is 1. The lowest BCUT2D eigenvalue weighted by molar-refractivity contribution is 0.384. The van der Waals surface area contributed by atoms with E-state index in [9.17, 15) is 0 Å². The molecule has 0 bridgehead atoms. The second-order valence-electron chi connectivity index (χ2n) is 4.03. The normalized spacial score (nSPS) is 12.4. The minimum absolute atomic E-state index is 0.166. The Morgan fingerprint density at radius 1 is 1.50 bits per heavy atom. The zero-order valence-electron chi connectivity index (χ0n) is 10.8. The molecule has 0 radical (unpaired) electrons. The van der Waals surface area contributed by atoms with Crippen LogP contribution in [0, 0.1) is 6.92 Å². The van der Waals surface area contributed by atoms with Crippen molar-refractivity contribution in [2.75, 3.05) is 14.2 Å². The number of aryl methyl sites for hydroxylation is 1.